The summed E-state index contributed by atoms with van der Waals surface area (Å²) >= 11 is 1.37. The van der Waals surface area contributed by atoms with Gasteiger partial charge in [-0.3, -0.25) is 0 Å². The van der Waals surface area contributed by atoms with Crippen LogP contribution in [0.15, 0.2) is 23.1 Å². The van der Waals surface area contributed by atoms with E-state index >= 15 is 0 Å². The number of aliphatic hydroxyl groups excluding tert-OH is 1. The van der Waals surface area contributed by atoms with Crippen LogP contribution >= 0.6 is 11.8 Å². The average molecular weight is 230 g/mol. The maximum Gasteiger partial charge on any atom is 0.137 e. The molecule has 0 radical (unpaired) electrons. The van der Waals surface area contributed by atoms with Crippen LogP contribution in [0.5, 0.6) is 0 Å². The van der Waals surface area contributed by atoms with Crippen molar-refractivity contribution >= 4 is 11.8 Å². The molecule has 0 spiro atoms. The largest absolute Gasteiger partial charge is 0.389 e. The number of thioether (sulfide) groups is 1. The standard InChI is InChI=1S/C11H15FO2S/c1-8(13)9-4-3-5-10(12)11(9)15-7-6-14-2/h3-5,8,13H,6-7H2,1-2H3/t8-/m0/s1. The lowest BCUT2D eigenvalue weighted by Crippen LogP contribution is -1.99. The Morgan fingerprint density at radius 3 is 2.87 bits per heavy atom. The molecule has 0 bridgehead atoms. The first-order valence-electron chi connectivity index (χ1n) is 4.75. The Hall–Kier alpha value is -0.580. The van der Waals surface area contributed by atoms with Gasteiger partial charge in [0.05, 0.1) is 12.7 Å². The van der Waals surface area contributed by atoms with E-state index in [2.05, 4.69) is 0 Å². The van der Waals surface area contributed by atoms with Crippen LogP contribution in [0.2, 0.25) is 0 Å². The van der Waals surface area contributed by atoms with Gasteiger partial charge in [-0.1, -0.05) is 12.1 Å². The van der Waals surface area contributed by atoms with Crippen LogP contribution in [0.25, 0.3) is 0 Å². The Labute approximate surface area is 93.5 Å². The minimum absolute atomic E-state index is 0.283. The first-order chi connectivity index (χ1) is 7.16. The van der Waals surface area contributed by atoms with Gasteiger partial charge in [-0.2, -0.15) is 0 Å². The Morgan fingerprint density at radius 1 is 1.53 bits per heavy atom. The monoisotopic (exact) mass is 230 g/mol. The topological polar surface area (TPSA) is 29.5 Å². The first kappa shape index (κ1) is 12.5. The van der Waals surface area contributed by atoms with Crippen molar-refractivity contribution in [2.75, 3.05) is 19.5 Å². The molecule has 0 aliphatic rings. The summed E-state index contributed by atoms with van der Waals surface area (Å²) < 4.78 is 18.4. The predicted molar refractivity (Wildman–Crippen MR) is 59.6 cm³/mol. The summed E-state index contributed by atoms with van der Waals surface area (Å²) in [6, 6.07) is 4.75. The summed E-state index contributed by atoms with van der Waals surface area (Å²) in [4.78, 5) is 0.518. The zero-order valence-electron chi connectivity index (χ0n) is 8.87. The van der Waals surface area contributed by atoms with Crippen LogP contribution in [-0.4, -0.2) is 24.6 Å². The molecule has 0 heterocycles. The van der Waals surface area contributed by atoms with Crippen molar-refractivity contribution in [1.29, 1.82) is 0 Å². The molecule has 84 valence electrons. The fraction of sp³-hybridized carbons (Fsp3) is 0.455. The summed E-state index contributed by atoms with van der Waals surface area (Å²) in [6.07, 6.45) is -0.647. The molecule has 0 fully saturated rings. The number of hydrogen-bond donors (Lipinski definition) is 1. The third-order valence-electron chi connectivity index (χ3n) is 1.98. The lowest BCUT2D eigenvalue weighted by atomic mass is 10.1. The zero-order chi connectivity index (χ0) is 11.3. The Kier molecular flexibility index (Phi) is 5.08. The van der Waals surface area contributed by atoms with E-state index in [1.807, 2.05) is 0 Å². The maximum absolute atomic E-state index is 13.5. The van der Waals surface area contributed by atoms with Gasteiger partial charge in [0.25, 0.3) is 0 Å². The Morgan fingerprint density at radius 2 is 2.27 bits per heavy atom. The second-order valence-corrected chi connectivity index (χ2v) is 4.28. The van der Waals surface area contributed by atoms with Gasteiger partial charge in [0.2, 0.25) is 0 Å². The number of aliphatic hydroxyl groups is 1. The molecular formula is C11H15FO2S. The van der Waals surface area contributed by atoms with Crippen LogP contribution in [0.1, 0.15) is 18.6 Å². The third kappa shape index (κ3) is 3.48. The fourth-order valence-corrected chi connectivity index (χ4v) is 2.30. The minimum atomic E-state index is -0.647. The van der Waals surface area contributed by atoms with Crippen molar-refractivity contribution in [2.45, 2.75) is 17.9 Å². The van der Waals surface area contributed by atoms with Crippen molar-refractivity contribution in [1.82, 2.24) is 0 Å². The number of halogens is 1. The molecule has 1 aromatic rings. The van der Waals surface area contributed by atoms with Crippen LogP contribution in [0.4, 0.5) is 4.39 Å². The molecule has 0 aromatic heterocycles. The van der Waals surface area contributed by atoms with E-state index in [4.69, 9.17) is 4.74 Å². The van der Waals surface area contributed by atoms with Crippen molar-refractivity contribution in [3.63, 3.8) is 0 Å². The molecule has 0 saturated carbocycles. The highest BCUT2D eigenvalue weighted by Gasteiger charge is 2.12. The molecule has 1 N–H and O–H groups in total. The predicted octanol–water partition coefficient (Wildman–Crippen LogP) is 2.62. The molecule has 1 atom stereocenters. The molecular weight excluding hydrogens is 215 g/mol. The lowest BCUT2D eigenvalue weighted by molar-refractivity contribution is 0.195. The van der Waals surface area contributed by atoms with E-state index in [1.54, 1.807) is 26.2 Å². The molecule has 1 rings (SSSR count). The van der Waals surface area contributed by atoms with E-state index in [9.17, 15) is 9.50 Å². The summed E-state index contributed by atoms with van der Waals surface area (Å²) in [5.74, 6) is 0.395. The van der Waals surface area contributed by atoms with Gasteiger partial charge in [-0.25, -0.2) is 4.39 Å². The van der Waals surface area contributed by atoms with Gasteiger partial charge in [0, 0.05) is 17.8 Å². The van der Waals surface area contributed by atoms with E-state index < -0.39 is 6.10 Å². The molecule has 0 aliphatic carbocycles. The van der Waals surface area contributed by atoms with Crippen LogP contribution in [-0.2, 0) is 4.74 Å². The number of benzene rings is 1. The van der Waals surface area contributed by atoms with Crippen LogP contribution in [0, 0.1) is 5.82 Å². The average Bonchev–Trinajstić information content (AvgIpc) is 2.20. The molecule has 1 aromatic carbocycles. The SMILES string of the molecule is COCCSc1c(F)cccc1[C@H](C)O. The minimum Gasteiger partial charge on any atom is -0.389 e. The van der Waals surface area contributed by atoms with Crippen molar-refractivity contribution < 1.29 is 14.2 Å². The summed E-state index contributed by atoms with van der Waals surface area (Å²) in [6.45, 7) is 2.20. The highest BCUT2D eigenvalue weighted by atomic mass is 32.2. The summed E-state index contributed by atoms with van der Waals surface area (Å²) in [5.41, 5.74) is 0.635. The zero-order valence-corrected chi connectivity index (χ0v) is 9.68. The van der Waals surface area contributed by atoms with Crippen LogP contribution in [0.3, 0.4) is 0 Å². The fourth-order valence-electron chi connectivity index (χ4n) is 1.23. The molecule has 0 amide bonds. The van der Waals surface area contributed by atoms with Gasteiger partial charge in [0.15, 0.2) is 0 Å². The van der Waals surface area contributed by atoms with E-state index in [0.717, 1.165) is 0 Å². The van der Waals surface area contributed by atoms with Gasteiger partial charge < -0.3 is 9.84 Å². The lowest BCUT2D eigenvalue weighted by Gasteiger charge is -2.12. The van der Waals surface area contributed by atoms with Crippen molar-refractivity contribution in [3.05, 3.63) is 29.6 Å². The molecule has 2 nitrogen and oxygen atoms in total. The smallest absolute Gasteiger partial charge is 0.137 e. The first-order valence-corrected chi connectivity index (χ1v) is 5.73. The quantitative estimate of drug-likeness (QED) is 0.623. The molecule has 4 heteroatoms. The maximum atomic E-state index is 13.5. The second kappa shape index (κ2) is 6.10. The van der Waals surface area contributed by atoms with E-state index in [-0.39, 0.29) is 5.82 Å². The van der Waals surface area contributed by atoms with Gasteiger partial charge >= 0.3 is 0 Å². The Bertz CT molecular complexity index is 315. The Balaban J connectivity index is 2.82. The molecule has 0 saturated heterocycles. The second-order valence-electron chi connectivity index (χ2n) is 3.18. The number of ether oxygens (including phenoxy) is 1. The van der Waals surface area contributed by atoms with Gasteiger partial charge in [-0.05, 0) is 18.6 Å². The van der Waals surface area contributed by atoms with Crippen LogP contribution < -0.4 is 0 Å². The van der Waals surface area contributed by atoms with Gasteiger partial charge in [-0.15, -0.1) is 11.8 Å². The normalized spacial score (nSPS) is 12.8. The number of methoxy groups -OCH3 is 1. The highest BCUT2D eigenvalue weighted by molar-refractivity contribution is 7.99. The molecule has 15 heavy (non-hydrogen) atoms. The molecule has 0 unspecified atom stereocenters. The number of rotatable bonds is 5. The summed E-state index contributed by atoms with van der Waals surface area (Å²) in [5, 5.41) is 9.47. The van der Waals surface area contributed by atoms with E-state index in [0.29, 0.717) is 22.8 Å². The van der Waals surface area contributed by atoms with Crippen molar-refractivity contribution in [3.8, 4) is 0 Å². The summed E-state index contributed by atoms with van der Waals surface area (Å²) in [7, 11) is 1.61. The van der Waals surface area contributed by atoms with Crippen molar-refractivity contribution in [2.24, 2.45) is 0 Å². The van der Waals surface area contributed by atoms with E-state index in [1.165, 1.54) is 17.8 Å². The number of hydrogen-bond acceptors (Lipinski definition) is 3. The molecule has 0 aliphatic heterocycles. The van der Waals surface area contributed by atoms with Gasteiger partial charge in [0.1, 0.15) is 5.82 Å². The third-order valence-corrected chi connectivity index (χ3v) is 3.07. The highest BCUT2D eigenvalue weighted by Crippen LogP contribution is 2.29.